The minimum absolute atomic E-state index is 0.122. The second-order valence-corrected chi connectivity index (χ2v) is 9.00. The predicted molar refractivity (Wildman–Crippen MR) is 130 cm³/mol. The molecule has 2 heterocycles. The van der Waals surface area contributed by atoms with Crippen molar-refractivity contribution in [3.63, 3.8) is 0 Å². The van der Waals surface area contributed by atoms with Gasteiger partial charge in [-0.05, 0) is 36.1 Å². The maximum Gasteiger partial charge on any atom is 0.237 e. The molecule has 1 N–H and O–H groups in total. The summed E-state index contributed by atoms with van der Waals surface area (Å²) in [6.45, 7) is 4.51. The van der Waals surface area contributed by atoms with Crippen molar-refractivity contribution in [2.75, 3.05) is 26.3 Å². The van der Waals surface area contributed by atoms with E-state index in [-0.39, 0.29) is 11.8 Å². The van der Waals surface area contributed by atoms with E-state index in [1.54, 1.807) is 0 Å². The van der Waals surface area contributed by atoms with E-state index in [1.807, 2.05) is 60.5 Å². The zero-order valence-electron chi connectivity index (χ0n) is 18.9. The summed E-state index contributed by atoms with van der Waals surface area (Å²) in [5.74, 6) is 0.338. The monoisotopic (exact) mass is 439 g/mol. The number of hydrogen-bond donors (Lipinski definition) is 1. The van der Waals surface area contributed by atoms with Gasteiger partial charge < -0.3 is 9.64 Å². The Kier molecular flexibility index (Phi) is 5.97. The lowest BCUT2D eigenvalue weighted by atomic mass is 9.75. The van der Waals surface area contributed by atoms with Crippen LogP contribution in [0.1, 0.15) is 23.6 Å². The van der Waals surface area contributed by atoms with Crippen LogP contribution in [0.5, 0.6) is 0 Å². The fourth-order valence-electron chi connectivity index (χ4n) is 4.98. The van der Waals surface area contributed by atoms with Crippen LogP contribution in [0.3, 0.4) is 0 Å². The van der Waals surface area contributed by atoms with Crippen LogP contribution >= 0.6 is 0 Å². The molecular formula is C28H29N3O2. The SMILES string of the molecule is CC(C(=O)N1CCOC[C@H](Cc2cccc3[nH]ncc23)C1)(c1ccccc1)c1ccccc1. The van der Waals surface area contributed by atoms with E-state index in [1.165, 1.54) is 5.56 Å². The molecule has 1 amide bonds. The van der Waals surface area contributed by atoms with E-state index in [4.69, 9.17) is 4.74 Å². The molecule has 0 saturated carbocycles. The van der Waals surface area contributed by atoms with Crippen LogP contribution in [0, 0.1) is 5.92 Å². The molecule has 1 aliphatic heterocycles. The molecule has 0 spiro atoms. The fraction of sp³-hybridized carbons (Fsp3) is 0.286. The molecule has 1 aromatic heterocycles. The topological polar surface area (TPSA) is 58.2 Å². The number of benzene rings is 3. The van der Waals surface area contributed by atoms with E-state index >= 15 is 0 Å². The average molecular weight is 440 g/mol. The molecule has 1 fully saturated rings. The number of aromatic nitrogens is 2. The van der Waals surface area contributed by atoms with Crippen molar-refractivity contribution < 1.29 is 9.53 Å². The van der Waals surface area contributed by atoms with Crippen LogP contribution in [0.25, 0.3) is 10.9 Å². The number of ether oxygens (including phenoxy) is 1. The van der Waals surface area contributed by atoms with Gasteiger partial charge in [0, 0.05) is 24.4 Å². The van der Waals surface area contributed by atoms with Gasteiger partial charge in [0.1, 0.15) is 0 Å². The highest BCUT2D eigenvalue weighted by atomic mass is 16.5. The van der Waals surface area contributed by atoms with Crippen LogP contribution in [0.15, 0.2) is 85.1 Å². The Hall–Kier alpha value is -3.44. The van der Waals surface area contributed by atoms with Gasteiger partial charge in [-0.25, -0.2) is 0 Å². The number of amides is 1. The maximum atomic E-state index is 14.2. The lowest BCUT2D eigenvalue weighted by molar-refractivity contribution is -0.135. The van der Waals surface area contributed by atoms with E-state index in [0.717, 1.165) is 28.5 Å². The van der Waals surface area contributed by atoms with Crippen molar-refractivity contribution in [3.05, 3.63) is 102 Å². The Morgan fingerprint density at radius 2 is 1.73 bits per heavy atom. The molecule has 168 valence electrons. The molecule has 0 bridgehead atoms. The Labute approximate surface area is 194 Å². The van der Waals surface area contributed by atoms with Crippen molar-refractivity contribution in [1.82, 2.24) is 15.1 Å². The third kappa shape index (κ3) is 4.16. The lowest BCUT2D eigenvalue weighted by Gasteiger charge is -2.36. The summed E-state index contributed by atoms with van der Waals surface area (Å²) in [4.78, 5) is 16.2. The number of nitrogens with one attached hydrogen (secondary N) is 1. The highest BCUT2D eigenvalue weighted by Crippen LogP contribution is 2.35. The largest absolute Gasteiger partial charge is 0.379 e. The third-order valence-corrected chi connectivity index (χ3v) is 6.84. The van der Waals surface area contributed by atoms with E-state index < -0.39 is 5.41 Å². The first-order valence-electron chi connectivity index (χ1n) is 11.6. The van der Waals surface area contributed by atoms with Crippen LogP contribution in [-0.4, -0.2) is 47.3 Å². The third-order valence-electron chi connectivity index (χ3n) is 6.84. The second kappa shape index (κ2) is 9.20. The van der Waals surface area contributed by atoms with E-state index in [9.17, 15) is 4.79 Å². The Morgan fingerprint density at radius 1 is 1.03 bits per heavy atom. The van der Waals surface area contributed by atoms with Crippen molar-refractivity contribution in [2.24, 2.45) is 5.92 Å². The number of carbonyl (C=O) groups excluding carboxylic acids is 1. The Bertz CT molecular complexity index is 1180. The predicted octanol–water partition coefficient (Wildman–Crippen LogP) is 4.59. The summed E-state index contributed by atoms with van der Waals surface area (Å²) < 4.78 is 5.96. The van der Waals surface area contributed by atoms with Gasteiger partial charge in [-0.2, -0.15) is 5.10 Å². The molecule has 3 aromatic carbocycles. The summed E-state index contributed by atoms with van der Waals surface area (Å²) in [5.41, 5.74) is 3.52. The standard InChI is InChI=1S/C28H29N3O2/c1-28(23-10-4-2-5-11-23,24-12-6-3-7-13-24)27(32)31-15-16-33-20-21(19-31)17-22-9-8-14-26-25(22)18-29-30-26/h2-14,18,21H,15-17,19-20H2,1H3,(H,29,30)/t21-/m1/s1. The van der Waals surface area contributed by atoms with Gasteiger partial charge in [0.25, 0.3) is 0 Å². The van der Waals surface area contributed by atoms with Crippen LogP contribution in [0.2, 0.25) is 0 Å². The Balaban J connectivity index is 1.45. The Morgan fingerprint density at radius 3 is 2.42 bits per heavy atom. The molecule has 33 heavy (non-hydrogen) atoms. The number of carbonyl (C=O) groups is 1. The first kappa shape index (κ1) is 21.4. The van der Waals surface area contributed by atoms with Crippen molar-refractivity contribution >= 4 is 16.8 Å². The van der Waals surface area contributed by atoms with Gasteiger partial charge in [-0.3, -0.25) is 9.89 Å². The van der Waals surface area contributed by atoms with Crippen LogP contribution in [0.4, 0.5) is 0 Å². The number of aromatic amines is 1. The number of rotatable bonds is 5. The van der Waals surface area contributed by atoms with Crippen molar-refractivity contribution in [3.8, 4) is 0 Å². The van der Waals surface area contributed by atoms with Crippen LogP contribution < -0.4 is 0 Å². The molecule has 0 radical (unpaired) electrons. The fourth-order valence-corrected chi connectivity index (χ4v) is 4.98. The minimum Gasteiger partial charge on any atom is -0.379 e. The minimum atomic E-state index is -0.762. The summed E-state index contributed by atoms with van der Waals surface area (Å²) in [5, 5.41) is 8.38. The number of hydrogen-bond acceptors (Lipinski definition) is 3. The van der Waals surface area contributed by atoms with Gasteiger partial charge in [-0.15, -0.1) is 0 Å². The van der Waals surface area contributed by atoms with Gasteiger partial charge >= 0.3 is 0 Å². The summed E-state index contributed by atoms with van der Waals surface area (Å²) in [6.07, 6.45) is 2.72. The zero-order chi connectivity index (χ0) is 22.7. The zero-order valence-corrected chi connectivity index (χ0v) is 18.9. The highest BCUT2D eigenvalue weighted by molar-refractivity contribution is 5.91. The summed E-state index contributed by atoms with van der Waals surface area (Å²) >= 11 is 0. The smallest absolute Gasteiger partial charge is 0.237 e. The second-order valence-electron chi connectivity index (χ2n) is 9.00. The van der Waals surface area contributed by atoms with Crippen molar-refractivity contribution in [1.29, 1.82) is 0 Å². The van der Waals surface area contributed by atoms with Crippen molar-refractivity contribution in [2.45, 2.75) is 18.8 Å². The average Bonchev–Trinajstić information content (AvgIpc) is 3.24. The molecule has 0 unspecified atom stereocenters. The molecule has 5 nitrogen and oxygen atoms in total. The van der Waals surface area contributed by atoms with E-state index in [0.29, 0.717) is 26.3 Å². The number of nitrogens with zero attached hydrogens (tertiary/aromatic N) is 2. The highest BCUT2D eigenvalue weighted by Gasteiger charge is 2.41. The quantitative estimate of drug-likeness (QED) is 0.495. The molecule has 0 aliphatic carbocycles. The van der Waals surface area contributed by atoms with E-state index in [2.05, 4.69) is 46.6 Å². The number of fused-ring (bicyclic) bond motifs is 1. The normalized spacial score (nSPS) is 17.1. The molecule has 1 saturated heterocycles. The van der Waals surface area contributed by atoms with Gasteiger partial charge in [0.05, 0.1) is 30.3 Å². The van der Waals surface area contributed by atoms with Crippen LogP contribution in [-0.2, 0) is 21.4 Å². The molecule has 5 rings (SSSR count). The first-order chi connectivity index (χ1) is 16.2. The maximum absolute atomic E-state index is 14.2. The lowest BCUT2D eigenvalue weighted by Crippen LogP contribution is -2.48. The first-order valence-corrected chi connectivity index (χ1v) is 11.6. The molecule has 4 aromatic rings. The number of H-pyrrole nitrogens is 1. The van der Waals surface area contributed by atoms with Gasteiger partial charge in [0.15, 0.2) is 0 Å². The molecular weight excluding hydrogens is 410 g/mol. The van der Waals surface area contributed by atoms with Gasteiger partial charge in [0.2, 0.25) is 5.91 Å². The molecule has 1 aliphatic rings. The molecule has 5 heteroatoms. The van der Waals surface area contributed by atoms with Gasteiger partial charge in [-0.1, -0.05) is 72.8 Å². The summed E-state index contributed by atoms with van der Waals surface area (Å²) in [7, 11) is 0. The summed E-state index contributed by atoms with van der Waals surface area (Å²) in [6, 6.07) is 26.4. The molecule has 1 atom stereocenters.